The molecule has 0 N–H and O–H groups in total. The van der Waals surface area contributed by atoms with Crippen LogP contribution in [-0.2, 0) is 4.79 Å². The molecule has 0 saturated heterocycles. The summed E-state index contributed by atoms with van der Waals surface area (Å²) < 4.78 is 0. The fourth-order valence-electron chi connectivity index (χ4n) is 2.26. The van der Waals surface area contributed by atoms with E-state index >= 15 is 0 Å². The van der Waals surface area contributed by atoms with E-state index in [1.807, 2.05) is 34.6 Å². The summed E-state index contributed by atoms with van der Waals surface area (Å²) in [6.07, 6.45) is -0.213. The van der Waals surface area contributed by atoms with E-state index in [0.29, 0.717) is 5.56 Å². The van der Waals surface area contributed by atoms with Gasteiger partial charge in [-0.3, -0.25) is 4.79 Å². The van der Waals surface area contributed by atoms with Crippen LogP contribution in [0.15, 0.2) is 0 Å². The predicted octanol–water partition coefficient (Wildman–Crippen LogP) is -1.05. The van der Waals surface area contributed by atoms with E-state index in [2.05, 4.69) is 0 Å². The van der Waals surface area contributed by atoms with E-state index in [1.165, 1.54) is 5.56 Å². The molecule has 3 nitrogen and oxygen atoms in total. The van der Waals surface area contributed by atoms with Gasteiger partial charge in [-0.15, -0.1) is 0 Å². The monoisotopic (exact) mass is 270 g/mol. The summed E-state index contributed by atoms with van der Waals surface area (Å²) in [7, 11) is 0. The average molecular weight is 270 g/mol. The standard InChI is InChI=1S/C15H20O3.Na/c1-8-9(2)11(4)15(12(5)10(8)3)13(16)6-7-14(17)18;/h6-7H2,1-5H3,(H,17,18);/q;+1/p-1. The molecule has 98 valence electrons. The van der Waals surface area contributed by atoms with Gasteiger partial charge in [0.05, 0.1) is 0 Å². The summed E-state index contributed by atoms with van der Waals surface area (Å²) in [5, 5.41) is 10.4. The Hall–Kier alpha value is -0.640. The number of carbonyl (C=O) groups is 2. The minimum atomic E-state index is -1.18. The van der Waals surface area contributed by atoms with Crippen LogP contribution in [0.1, 0.15) is 51.0 Å². The Bertz CT molecular complexity index is 490. The number of benzene rings is 1. The molecule has 0 aliphatic carbocycles. The van der Waals surface area contributed by atoms with Crippen molar-refractivity contribution in [3.8, 4) is 0 Å². The van der Waals surface area contributed by atoms with Crippen molar-refractivity contribution >= 4 is 11.8 Å². The molecule has 0 radical (unpaired) electrons. The van der Waals surface area contributed by atoms with Crippen molar-refractivity contribution in [1.29, 1.82) is 0 Å². The molecule has 0 heterocycles. The van der Waals surface area contributed by atoms with Gasteiger partial charge >= 0.3 is 29.6 Å². The second-order valence-electron chi connectivity index (χ2n) is 4.80. The smallest absolute Gasteiger partial charge is 0.550 e. The third-order valence-electron chi connectivity index (χ3n) is 3.84. The Morgan fingerprint density at radius 3 is 1.53 bits per heavy atom. The molecule has 19 heavy (non-hydrogen) atoms. The summed E-state index contributed by atoms with van der Waals surface area (Å²) in [6, 6.07) is 0. The van der Waals surface area contributed by atoms with Gasteiger partial charge < -0.3 is 9.90 Å². The van der Waals surface area contributed by atoms with Crippen molar-refractivity contribution < 1.29 is 44.3 Å². The summed E-state index contributed by atoms with van der Waals surface area (Å²) >= 11 is 0. The van der Waals surface area contributed by atoms with Gasteiger partial charge in [-0.05, 0) is 68.9 Å². The molecule has 0 aromatic heterocycles. The maximum atomic E-state index is 12.1. The molecule has 0 saturated carbocycles. The maximum absolute atomic E-state index is 12.1. The molecule has 1 aromatic rings. The number of ketones is 1. The summed E-state index contributed by atoms with van der Waals surface area (Å²) in [6.45, 7) is 9.86. The van der Waals surface area contributed by atoms with Crippen molar-refractivity contribution in [2.45, 2.75) is 47.5 Å². The van der Waals surface area contributed by atoms with Crippen LogP contribution in [0.2, 0.25) is 0 Å². The SMILES string of the molecule is Cc1c(C)c(C)c(C(=O)CCC(=O)[O-])c(C)c1C.[Na+]. The van der Waals surface area contributed by atoms with Crippen LogP contribution in [0.25, 0.3) is 0 Å². The molecule has 0 unspecified atom stereocenters. The third kappa shape index (κ3) is 3.91. The Balaban J connectivity index is 0.00000324. The molecular formula is C15H19NaO3. The molecule has 4 heteroatoms. The first-order valence-electron chi connectivity index (χ1n) is 6.07. The number of rotatable bonds is 4. The van der Waals surface area contributed by atoms with Gasteiger partial charge in [-0.2, -0.15) is 0 Å². The molecule has 0 fully saturated rings. The van der Waals surface area contributed by atoms with E-state index in [4.69, 9.17) is 0 Å². The van der Waals surface area contributed by atoms with Gasteiger partial charge in [0.15, 0.2) is 5.78 Å². The van der Waals surface area contributed by atoms with Gasteiger partial charge in [0.2, 0.25) is 0 Å². The van der Waals surface area contributed by atoms with Crippen molar-refractivity contribution in [2.24, 2.45) is 0 Å². The van der Waals surface area contributed by atoms with Gasteiger partial charge in [0, 0.05) is 18.0 Å². The first kappa shape index (κ1) is 18.4. The first-order valence-corrected chi connectivity index (χ1v) is 6.07. The fraction of sp³-hybridized carbons (Fsp3) is 0.467. The minimum absolute atomic E-state index is 0. The Kier molecular flexibility index (Phi) is 6.98. The Morgan fingerprint density at radius 1 is 0.789 bits per heavy atom. The zero-order chi connectivity index (χ0) is 14.0. The first-order chi connectivity index (χ1) is 8.27. The van der Waals surface area contributed by atoms with Gasteiger partial charge in [0.1, 0.15) is 0 Å². The second kappa shape index (κ2) is 7.22. The quantitative estimate of drug-likeness (QED) is 0.518. The van der Waals surface area contributed by atoms with E-state index in [0.717, 1.165) is 22.3 Å². The summed E-state index contributed by atoms with van der Waals surface area (Å²) in [4.78, 5) is 22.5. The molecule has 0 aliphatic heterocycles. The molecule has 0 aliphatic rings. The zero-order valence-electron chi connectivity index (χ0n) is 12.6. The Morgan fingerprint density at radius 2 is 1.16 bits per heavy atom. The number of carboxylic acids is 1. The number of hydrogen-bond acceptors (Lipinski definition) is 3. The molecule has 0 atom stereocenters. The normalized spacial score (nSPS) is 9.95. The van der Waals surface area contributed by atoms with Crippen LogP contribution in [0, 0.1) is 34.6 Å². The van der Waals surface area contributed by atoms with Crippen molar-refractivity contribution in [3.63, 3.8) is 0 Å². The van der Waals surface area contributed by atoms with E-state index in [9.17, 15) is 14.7 Å². The van der Waals surface area contributed by atoms with Crippen LogP contribution in [0.4, 0.5) is 0 Å². The van der Waals surface area contributed by atoms with Crippen molar-refractivity contribution in [3.05, 3.63) is 33.4 Å². The summed E-state index contributed by atoms with van der Waals surface area (Å²) in [5.74, 6) is -1.29. The van der Waals surface area contributed by atoms with E-state index in [1.54, 1.807) is 0 Å². The number of Topliss-reactive ketones (excluding diaryl/α,β-unsaturated/α-hetero) is 1. The Labute approximate surface area is 136 Å². The largest absolute Gasteiger partial charge is 1.00 e. The molecule has 1 aromatic carbocycles. The molecule has 0 amide bonds. The maximum Gasteiger partial charge on any atom is 1.00 e. The third-order valence-corrected chi connectivity index (χ3v) is 3.84. The molecule has 0 spiro atoms. The number of hydrogen-bond donors (Lipinski definition) is 0. The van der Waals surface area contributed by atoms with Crippen molar-refractivity contribution in [1.82, 2.24) is 0 Å². The number of carboxylic acid groups (broad SMARTS) is 1. The molecule has 1 rings (SSSR count). The minimum Gasteiger partial charge on any atom is -0.550 e. The van der Waals surface area contributed by atoms with Gasteiger partial charge in [-0.25, -0.2) is 0 Å². The fourth-order valence-corrected chi connectivity index (χ4v) is 2.26. The van der Waals surface area contributed by atoms with E-state index < -0.39 is 5.97 Å². The second-order valence-corrected chi connectivity index (χ2v) is 4.80. The van der Waals surface area contributed by atoms with Crippen LogP contribution in [-0.4, -0.2) is 11.8 Å². The summed E-state index contributed by atoms with van der Waals surface area (Å²) in [5.41, 5.74) is 6.00. The topological polar surface area (TPSA) is 57.2 Å². The number of aliphatic carboxylic acids is 1. The molecule has 0 bridgehead atoms. The van der Waals surface area contributed by atoms with Crippen LogP contribution in [0.5, 0.6) is 0 Å². The van der Waals surface area contributed by atoms with Crippen molar-refractivity contribution in [2.75, 3.05) is 0 Å². The van der Waals surface area contributed by atoms with Gasteiger partial charge in [0.25, 0.3) is 0 Å². The van der Waals surface area contributed by atoms with Crippen LogP contribution < -0.4 is 34.7 Å². The average Bonchev–Trinajstić information content (AvgIpc) is 2.31. The van der Waals surface area contributed by atoms with Crippen LogP contribution in [0.3, 0.4) is 0 Å². The zero-order valence-corrected chi connectivity index (χ0v) is 14.6. The number of carbonyl (C=O) groups excluding carboxylic acids is 2. The molecular weight excluding hydrogens is 251 g/mol. The van der Waals surface area contributed by atoms with Gasteiger partial charge in [-0.1, -0.05) is 0 Å². The predicted molar refractivity (Wildman–Crippen MR) is 68.7 cm³/mol. The van der Waals surface area contributed by atoms with Crippen LogP contribution >= 0.6 is 0 Å². The van der Waals surface area contributed by atoms with E-state index in [-0.39, 0.29) is 48.2 Å².